The summed E-state index contributed by atoms with van der Waals surface area (Å²) < 4.78 is 9.26. The van der Waals surface area contributed by atoms with Crippen LogP contribution < -0.4 is 4.90 Å². The molecule has 0 atom stereocenters. The topological polar surface area (TPSA) is 16.4 Å². The van der Waals surface area contributed by atoms with Crippen LogP contribution in [0.15, 0.2) is 253 Å². The molecule has 0 saturated carbocycles. The van der Waals surface area contributed by atoms with Gasteiger partial charge in [-0.15, -0.1) is 11.3 Å². The molecule has 3 heteroatoms. The van der Waals surface area contributed by atoms with Crippen molar-refractivity contribution < 1.29 is 4.42 Å². The van der Waals surface area contributed by atoms with Gasteiger partial charge in [0, 0.05) is 53.6 Å². The van der Waals surface area contributed by atoms with Crippen LogP contribution >= 0.6 is 11.3 Å². The molecule has 0 saturated heterocycles. The summed E-state index contributed by atoms with van der Waals surface area (Å²) >= 11 is 1.90. The first-order valence-corrected chi connectivity index (χ1v) is 24.1. The normalized spacial score (nSPS) is 12.8. The van der Waals surface area contributed by atoms with E-state index in [9.17, 15) is 0 Å². The number of fused-ring (bicyclic) bond motifs is 11. The number of anilines is 3. The number of para-hydroxylation sites is 2. The average molecular weight is 884 g/mol. The number of nitrogens with zero attached hydrogens (tertiary/aromatic N) is 1. The van der Waals surface area contributed by atoms with E-state index < -0.39 is 5.41 Å². The zero-order valence-corrected chi connectivity index (χ0v) is 37.8. The minimum atomic E-state index is -0.535. The summed E-state index contributed by atoms with van der Waals surface area (Å²) in [6, 6.07) is 91.2. The van der Waals surface area contributed by atoms with E-state index in [4.69, 9.17) is 4.42 Å². The Labute approximate surface area is 398 Å². The third-order valence-corrected chi connectivity index (χ3v) is 15.6. The Balaban J connectivity index is 0.972. The Bertz CT molecular complexity index is 4050. The number of hydrogen-bond acceptors (Lipinski definition) is 3. The van der Waals surface area contributed by atoms with Gasteiger partial charge in [-0.3, -0.25) is 0 Å². The van der Waals surface area contributed by atoms with Gasteiger partial charge in [0.2, 0.25) is 0 Å². The molecule has 0 N–H and O–H groups in total. The van der Waals surface area contributed by atoms with Gasteiger partial charge in [-0.2, -0.15) is 0 Å². The lowest BCUT2D eigenvalue weighted by Gasteiger charge is -2.35. The molecule has 0 fully saturated rings. The average Bonchev–Trinajstić information content (AvgIpc) is 4.08. The first kappa shape index (κ1) is 38.7. The van der Waals surface area contributed by atoms with Crippen molar-refractivity contribution in [3.05, 3.63) is 271 Å². The maximum absolute atomic E-state index is 6.61. The highest BCUT2D eigenvalue weighted by atomic mass is 32.1. The van der Waals surface area contributed by atoms with Crippen molar-refractivity contribution in [2.45, 2.75) is 5.41 Å². The van der Waals surface area contributed by atoms with Crippen molar-refractivity contribution in [3.8, 4) is 33.4 Å². The van der Waals surface area contributed by atoms with Crippen LogP contribution in [0.3, 0.4) is 0 Å². The molecular formula is C65H41NOS. The maximum atomic E-state index is 6.61. The van der Waals surface area contributed by atoms with Crippen LogP contribution in [0.2, 0.25) is 0 Å². The molecular weight excluding hydrogens is 843 g/mol. The van der Waals surface area contributed by atoms with Crippen LogP contribution in [0.25, 0.3) is 86.3 Å². The molecule has 318 valence electrons. The largest absolute Gasteiger partial charge is 0.455 e. The molecule has 2 heterocycles. The van der Waals surface area contributed by atoms with Gasteiger partial charge in [0.25, 0.3) is 0 Å². The van der Waals surface area contributed by atoms with Gasteiger partial charge in [0.15, 0.2) is 0 Å². The molecule has 68 heavy (non-hydrogen) atoms. The second-order valence-corrected chi connectivity index (χ2v) is 18.9. The van der Waals surface area contributed by atoms with Crippen LogP contribution in [-0.4, -0.2) is 0 Å². The summed E-state index contributed by atoms with van der Waals surface area (Å²) in [5.74, 6) is 0. The van der Waals surface area contributed by atoms with E-state index in [1.807, 2.05) is 17.4 Å². The van der Waals surface area contributed by atoms with Gasteiger partial charge >= 0.3 is 0 Å². The van der Waals surface area contributed by atoms with E-state index >= 15 is 0 Å². The smallest absolute Gasteiger partial charge is 0.143 e. The molecule has 11 aromatic carbocycles. The fourth-order valence-electron chi connectivity index (χ4n) is 11.3. The van der Waals surface area contributed by atoms with Gasteiger partial charge < -0.3 is 9.32 Å². The van der Waals surface area contributed by atoms with E-state index in [0.717, 1.165) is 50.1 Å². The lowest BCUT2D eigenvalue weighted by atomic mass is 9.67. The number of hydrogen-bond donors (Lipinski definition) is 0. The molecule has 0 spiro atoms. The molecule has 1 aliphatic carbocycles. The SMILES string of the molecule is c1ccc(C2(c3ccccc3)c3ccccc3-c3ccc(N(c4ccc(-c5cccc6c5sc5c7ccccc7ccc65)cc4)c4cccc(-c5cccc6c5oc5ccccc56)c4)cc32)cc1. The molecule has 0 radical (unpaired) electrons. The maximum Gasteiger partial charge on any atom is 0.143 e. The monoisotopic (exact) mass is 883 g/mol. The molecule has 2 aromatic heterocycles. The van der Waals surface area contributed by atoms with Crippen molar-refractivity contribution in [3.63, 3.8) is 0 Å². The van der Waals surface area contributed by atoms with Crippen molar-refractivity contribution in [1.82, 2.24) is 0 Å². The van der Waals surface area contributed by atoms with E-state index in [1.165, 1.54) is 75.5 Å². The third-order valence-electron chi connectivity index (χ3n) is 14.3. The van der Waals surface area contributed by atoms with Crippen molar-refractivity contribution in [1.29, 1.82) is 0 Å². The Morgan fingerprint density at radius 1 is 0.338 bits per heavy atom. The highest BCUT2D eigenvalue weighted by molar-refractivity contribution is 7.27. The second-order valence-electron chi connectivity index (χ2n) is 17.9. The third kappa shape index (κ3) is 5.76. The lowest BCUT2D eigenvalue weighted by molar-refractivity contribution is 0.670. The van der Waals surface area contributed by atoms with Crippen molar-refractivity contribution >= 4 is 81.3 Å². The minimum Gasteiger partial charge on any atom is -0.455 e. The van der Waals surface area contributed by atoms with Crippen LogP contribution in [0.5, 0.6) is 0 Å². The van der Waals surface area contributed by atoms with Crippen molar-refractivity contribution in [2.24, 2.45) is 0 Å². The van der Waals surface area contributed by atoms with E-state index in [1.54, 1.807) is 0 Å². The Hall–Kier alpha value is -8.50. The fourth-order valence-corrected chi connectivity index (χ4v) is 12.7. The second kappa shape index (κ2) is 15.3. The lowest BCUT2D eigenvalue weighted by Crippen LogP contribution is -2.28. The zero-order chi connectivity index (χ0) is 44.8. The number of rotatable bonds is 7. The molecule has 0 unspecified atom stereocenters. The summed E-state index contributed by atoms with van der Waals surface area (Å²) in [7, 11) is 0. The number of furan rings is 1. The van der Waals surface area contributed by atoms with E-state index in [-0.39, 0.29) is 0 Å². The van der Waals surface area contributed by atoms with Crippen molar-refractivity contribution in [2.75, 3.05) is 4.90 Å². The minimum absolute atomic E-state index is 0.535. The summed E-state index contributed by atoms with van der Waals surface area (Å²) in [5, 5.41) is 7.44. The molecule has 1 aliphatic rings. The van der Waals surface area contributed by atoms with Crippen LogP contribution in [0.1, 0.15) is 22.3 Å². The van der Waals surface area contributed by atoms with E-state index in [2.05, 4.69) is 248 Å². The van der Waals surface area contributed by atoms with Gasteiger partial charge in [-0.25, -0.2) is 0 Å². The van der Waals surface area contributed by atoms with Gasteiger partial charge in [0.1, 0.15) is 11.2 Å². The predicted molar refractivity (Wildman–Crippen MR) is 287 cm³/mol. The van der Waals surface area contributed by atoms with Gasteiger partial charge in [-0.05, 0) is 103 Å². The van der Waals surface area contributed by atoms with Gasteiger partial charge in [0.05, 0.1) is 5.41 Å². The summed E-state index contributed by atoms with van der Waals surface area (Å²) in [4.78, 5) is 2.43. The zero-order valence-electron chi connectivity index (χ0n) is 36.9. The molecule has 0 aliphatic heterocycles. The summed E-state index contributed by atoms with van der Waals surface area (Å²) in [6.07, 6.45) is 0. The highest BCUT2D eigenvalue weighted by Crippen LogP contribution is 2.57. The van der Waals surface area contributed by atoms with E-state index in [0.29, 0.717) is 0 Å². The fraction of sp³-hybridized carbons (Fsp3) is 0.0154. The standard InChI is InChI=1S/C65H41NOS/c1-3-18-45(19-4-1)65(46-20-5-2-6-21-46)59-30-11-9-24-53(59)54-39-37-49(41-60(54)65)66(48-22-13-17-44(40-48)50-26-14-28-56-55-25-10-12-31-61(55)67-62(50)56)47-35-32-43(33-36-47)52-27-15-29-57-58-38-34-42-16-7-8-23-51(42)64(58)68-63(52)57/h1-41H. The molecule has 0 amide bonds. The summed E-state index contributed by atoms with van der Waals surface area (Å²) in [5.41, 5.74) is 16.6. The molecule has 2 nitrogen and oxygen atoms in total. The predicted octanol–water partition coefficient (Wildman–Crippen LogP) is 18.3. The molecule has 14 rings (SSSR count). The van der Waals surface area contributed by atoms with Crippen LogP contribution in [-0.2, 0) is 5.41 Å². The number of thiophene rings is 1. The first-order chi connectivity index (χ1) is 33.7. The van der Waals surface area contributed by atoms with Crippen LogP contribution in [0, 0.1) is 0 Å². The van der Waals surface area contributed by atoms with Crippen LogP contribution in [0.4, 0.5) is 17.1 Å². The van der Waals surface area contributed by atoms with Gasteiger partial charge in [-0.1, -0.05) is 206 Å². The summed E-state index contributed by atoms with van der Waals surface area (Å²) in [6.45, 7) is 0. The molecule has 0 bridgehead atoms. The first-order valence-electron chi connectivity index (χ1n) is 23.3. The Morgan fingerprint density at radius 3 is 1.76 bits per heavy atom. The highest BCUT2D eigenvalue weighted by Gasteiger charge is 2.46. The quantitative estimate of drug-likeness (QED) is 0.159. The number of benzene rings is 11. The Morgan fingerprint density at radius 2 is 0.941 bits per heavy atom. The Kier molecular flexibility index (Phi) is 8.71. The molecule has 13 aromatic rings.